The largest absolute Gasteiger partial charge is 0.573 e. The van der Waals surface area contributed by atoms with Gasteiger partial charge in [0.05, 0.1) is 5.69 Å². The van der Waals surface area contributed by atoms with Gasteiger partial charge in [0.25, 0.3) is 0 Å². The first-order valence-electron chi connectivity index (χ1n) is 9.58. The summed E-state index contributed by atoms with van der Waals surface area (Å²) in [5.74, 6) is 1.20. The van der Waals surface area contributed by atoms with Crippen LogP contribution in [0, 0.1) is 5.92 Å². The minimum Gasteiger partial charge on any atom is -0.406 e. The first kappa shape index (κ1) is 19.5. The fourth-order valence-corrected chi connectivity index (χ4v) is 3.51. The first-order chi connectivity index (χ1) is 13.8. The predicted molar refractivity (Wildman–Crippen MR) is 100 cm³/mol. The molecule has 1 amide bonds. The van der Waals surface area contributed by atoms with Crippen molar-refractivity contribution in [2.45, 2.75) is 38.0 Å². The van der Waals surface area contributed by atoms with Crippen molar-refractivity contribution in [2.75, 3.05) is 18.0 Å². The number of piperidine rings is 1. The number of rotatable bonds is 5. The highest BCUT2D eigenvalue weighted by Crippen LogP contribution is 2.40. The van der Waals surface area contributed by atoms with Crippen molar-refractivity contribution in [1.82, 2.24) is 9.97 Å². The molecular weight excluding hydrogens is 385 g/mol. The van der Waals surface area contributed by atoms with E-state index in [1.165, 1.54) is 12.1 Å². The van der Waals surface area contributed by atoms with E-state index in [9.17, 15) is 18.0 Å². The molecule has 0 unspecified atom stereocenters. The van der Waals surface area contributed by atoms with Gasteiger partial charge >= 0.3 is 6.36 Å². The second kappa shape index (κ2) is 7.53. The maximum absolute atomic E-state index is 12.4. The minimum atomic E-state index is -4.72. The summed E-state index contributed by atoms with van der Waals surface area (Å²) < 4.78 is 41.1. The van der Waals surface area contributed by atoms with Crippen LogP contribution in [0.15, 0.2) is 30.3 Å². The Kier molecular flexibility index (Phi) is 5.06. The van der Waals surface area contributed by atoms with Crippen LogP contribution in [0.1, 0.15) is 37.4 Å². The lowest BCUT2D eigenvalue weighted by Crippen LogP contribution is -2.39. The quantitative estimate of drug-likeness (QED) is 0.820. The normalized spacial score (nSPS) is 18.0. The highest BCUT2D eigenvalue weighted by atomic mass is 19.4. The molecule has 1 aliphatic heterocycles. The number of benzene rings is 1. The number of carbonyl (C=O) groups excluding carboxylic acids is 1. The van der Waals surface area contributed by atoms with Crippen LogP contribution in [0.5, 0.6) is 5.75 Å². The molecule has 1 aromatic carbocycles. The minimum absolute atomic E-state index is 0.114. The molecule has 2 aliphatic rings. The topological polar surface area (TPSA) is 81.3 Å². The number of hydrogen-bond donors (Lipinski definition) is 1. The summed E-state index contributed by atoms with van der Waals surface area (Å²) in [6.45, 7) is 1.35. The van der Waals surface area contributed by atoms with Crippen molar-refractivity contribution >= 4 is 11.7 Å². The molecule has 2 heterocycles. The third-order valence-corrected chi connectivity index (χ3v) is 5.28. The van der Waals surface area contributed by atoms with E-state index in [0.29, 0.717) is 43.1 Å². The number of nitrogens with two attached hydrogens (primary N) is 1. The maximum atomic E-state index is 12.4. The highest BCUT2D eigenvalue weighted by molar-refractivity contribution is 5.77. The van der Waals surface area contributed by atoms with Crippen molar-refractivity contribution in [2.24, 2.45) is 11.7 Å². The Morgan fingerprint density at radius 2 is 1.72 bits per heavy atom. The van der Waals surface area contributed by atoms with Crippen molar-refractivity contribution in [1.29, 1.82) is 0 Å². The summed E-state index contributed by atoms with van der Waals surface area (Å²) in [5, 5.41) is 0. The van der Waals surface area contributed by atoms with E-state index in [0.717, 1.165) is 24.5 Å². The zero-order chi connectivity index (χ0) is 20.6. The molecule has 6 nitrogen and oxygen atoms in total. The SMILES string of the molecule is NC(=O)C1CCN(c2cc(-c3ccc(OC(F)(F)F)cc3)nc(C3CC3)n2)CC1. The number of alkyl halides is 3. The fourth-order valence-electron chi connectivity index (χ4n) is 3.51. The van der Waals surface area contributed by atoms with Gasteiger partial charge in [-0.1, -0.05) is 0 Å². The summed E-state index contributed by atoms with van der Waals surface area (Å²) in [5.41, 5.74) is 6.76. The highest BCUT2D eigenvalue weighted by Gasteiger charge is 2.31. The monoisotopic (exact) mass is 406 g/mol. The number of anilines is 1. The molecule has 0 radical (unpaired) electrons. The van der Waals surface area contributed by atoms with Gasteiger partial charge in [0, 0.05) is 36.6 Å². The van der Waals surface area contributed by atoms with E-state index in [-0.39, 0.29) is 17.6 Å². The lowest BCUT2D eigenvalue weighted by Gasteiger charge is -2.31. The zero-order valence-corrected chi connectivity index (χ0v) is 15.7. The smallest absolute Gasteiger partial charge is 0.406 e. The van der Waals surface area contributed by atoms with Gasteiger partial charge in [0.1, 0.15) is 17.4 Å². The Balaban J connectivity index is 1.58. The average Bonchev–Trinajstić information content (AvgIpc) is 3.52. The molecule has 9 heteroatoms. The van der Waals surface area contributed by atoms with Gasteiger partial charge in [-0.25, -0.2) is 9.97 Å². The number of aromatic nitrogens is 2. The van der Waals surface area contributed by atoms with Crippen LogP contribution in [0.3, 0.4) is 0 Å². The number of carbonyl (C=O) groups is 1. The Morgan fingerprint density at radius 1 is 1.07 bits per heavy atom. The molecule has 2 aromatic rings. The van der Waals surface area contributed by atoms with Crippen LogP contribution in [-0.4, -0.2) is 35.3 Å². The number of halogens is 3. The molecular formula is C20H21F3N4O2. The summed E-state index contributed by atoms with van der Waals surface area (Å²) in [4.78, 5) is 22.8. The van der Waals surface area contributed by atoms with E-state index in [1.807, 2.05) is 6.07 Å². The third kappa shape index (κ3) is 4.78. The second-order valence-corrected chi connectivity index (χ2v) is 7.48. The van der Waals surface area contributed by atoms with Crippen LogP contribution in [0.4, 0.5) is 19.0 Å². The van der Waals surface area contributed by atoms with Gasteiger partial charge in [-0.05, 0) is 49.9 Å². The summed E-state index contributed by atoms with van der Waals surface area (Å²) >= 11 is 0. The molecule has 2 fully saturated rings. The van der Waals surface area contributed by atoms with Gasteiger partial charge < -0.3 is 15.4 Å². The standard InChI is InChI=1S/C20H21F3N4O2/c21-20(22,23)29-15-5-3-12(4-6-15)16-11-17(26-19(25-16)14-1-2-14)27-9-7-13(8-10-27)18(24)28/h3-6,11,13-14H,1-2,7-10H2,(H2,24,28). The van der Waals surface area contributed by atoms with Crippen molar-refractivity contribution in [3.05, 3.63) is 36.2 Å². The molecule has 0 atom stereocenters. The number of primary amides is 1. The van der Waals surface area contributed by atoms with E-state index in [4.69, 9.17) is 10.7 Å². The molecule has 154 valence electrons. The molecule has 1 saturated heterocycles. The predicted octanol–water partition coefficient (Wildman–Crippen LogP) is 3.62. The molecule has 0 bridgehead atoms. The van der Waals surface area contributed by atoms with Gasteiger partial charge in [-0.15, -0.1) is 13.2 Å². The zero-order valence-electron chi connectivity index (χ0n) is 15.7. The lowest BCUT2D eigenvalue weighted by molar-refractivity contribution is -0.274. The Labute approximate surface area is 165 Å². The van der Waals surface area contributed by atoms with Crippen molar-refractivity contribution < 1.29 is 22.7 Å². The number of nitrogens with zero attached hydrogens (tertiary/aromatic N) is 3. The van der Waals surface area contributed by atoms with E-state index in [1.54, 1.807) is 12.1 Å². The lowest BCUT2D eigenvalue weighted by atomic mass is 9.96. The molecule has 2 N–H and O–H groups in total. The van der Waals surface area contributed by atoms with Crippen LogP contribution >= 0.6 is 0 Å². The van der Waals surface area contributed by atoms with E-state index >= 15 is 0 Å². The van der Waals surface area contributed by atoms with Crippen LogP contribution in [-0.2, 0) is 4.79 Å². The average molecular weight is 406 g/mol. The number of ether oxygens (including phenoxy) is 1. The Bertz CT molecular complexity index is 890. The maximum Gasteiger partial charge on any atom is 0.573 e. The van der Waals surface area contributed by atoms with Gasteiger partial charge in [0.15, 0.2) is 0 Å². The molecule has 1 aliphatic carbocycles. The molecule has 1 saturated carbocycles. The number of amides is 1. The second-order valence-electron chi connectivity index (χ2n) is 7.48. The van der Waals surface area contributed by atoms with E-state index in [2.05, 4.69) is 14.6 Å². The van der Waals surface area contributed by atoms with Gasteiger partial charge in [0.2, 0.25) is 5.91 Å². The van der Waals surface area contributed by atoms with Crippen LogP contribution in [0.25, 0.3) is 11.3 Å². The van der Waals surface area contributed by atoms with Gasteiger partial charge in [-0.2, -0.15) is 0 Å². The van der Waals surface area contributed by atoms with Gasteiger partial charge in [-0.3, -0.25) is 4.79 Å². The van der Waals surface area contributed by atoms with Crippen molar-refractivity contribution in [3.63, 3.8) is 0 Å². The summed E-state index contributed by atoms with van der Waals surface area (Å²) in [6.07, 6.45) is -1.30. The van der Waals surface area contributed by atoms with Crippen LogP contribution in [0.2, 0.25) is 0 Å². The molecule has 29 heavy (non-hydrogen) atoms. The summed E-state index contributed by atoms with van der Waals surface area (Å²) in [7, 11) is 0. The third-order valence-electron chi connectivity index (χ3n) is 5.28. The van der Waals surface area contributed by atoms with E-state index < -0.39 is 6.36 Å². The van der Waals surface area contributed by atoms with Crippen molar-refractivity contribution in [3.8, 4) is 17.0 Å². The molecule has 1 aromatic heterocycles. The number of hydrogen-bond acceptors (Lipinski definition) is 5. The fraction of sp³-hybridized carbons (Fsp3) is 0.450. The van der Waals surface area contributed by atoms with Crippen LogP contribution < -0.4 is 15.4 Å². The first-order valence-corrected chi connectivity index (χ1v) is 9.58. The Morgan fingerprint density at radius 3 is 2.28 bits per heavy atom. The molecule has 0 spiro atoms. The summed E-state index contributed by atoms with van der Waals surface area (Å²) in [6, 6.07) is 7.52. The Hall–Kier alpha value is -2.84. The molecule has 4 rings (SSSR count).